The smallest absolute Gasteiger partial charge is 0.367 e. The van der Waals surface area contributed by atoms with Crippen molar-refractivity contribution in [1.82, 2.24) is 14.8 Å². The molecule has 0 aliphatic carbocycles. The van der Waals surface area contributed by atoms with Gasteiger partial charge in [-0.25, -0.2) is 18.9 Å². The number of anilines is 2. The van der Waals surface area contributed by atoms with Crippen LogP contribution in [0, 0.1) is 24.1 Å². The molecule has 0 radical (unpaired) electrons. The molecule has 1 N–H and O–H groups in total. The molecule has 10 nitrogen and oxygen atoms in total. The zero-order valence-electron chi connectivity index (χ0n) is 22.8. The Balaban J connectivity index is 1.31. The van der Waals surface area contributed by atoms with Crippen LogP contribution >= 0.6 is 11.8 Å². The van der Waals surface area contributed by atoms with Crippen LogP contribution in [-0.2, 0) is 16.1 Å². The van der Waals surface area contributed by atoms with Crippen LogP contribution in [0.5, 0.6) is 0 Å². The third-order valence-electron chi connectivity index (χ3n) is 6.19. The number of amides is 3. The summed E-state index contributed by atoms with van der Waals surface area (Å²) >= 11 is 0.958. The van der Waals surface area contributed by atoms with Crippen LogP contribution in [-0.4, -0.2) is 50.4 Å². The average Bonchev–Trinajstić information content (AvgIpc) is 3.61. The van der Waals surface area contributed by atoms with Crippen molar-refractivity contribution in [2.45, 2.75) is 19.7 Å². The highest BCUT2D eigenvalue weighted by Gasteiger charge is 2.33. The van der Waals surface area contributed by atoms with E-state index in [4.69, 9.17) is 10.00 Å². The molecule has 3 aromatic carbocycles. The Morgan fingerprint density at radius 2 is 1.93 bits per heavy atom. The number of amidine groups is 1. The van der Waals surface area contributed by atoms with Gasteiger partial charge in [-0.15, -0.1) is 5.10 Å². The van der Waals surface area contributed by atoms with E-state index in [9.17, 15) is 22.8 Å². The van der Waals surface area contributed by atoms with Crippen molar-refractivity contribution in [3.63, 3.8) is 0 Å². The summed E-state index contributed by atoms with van der Waals surface area (Å²) in [5.41, 5.74) is 2.52. The molecule has 0 atom stereocenters. The summed E-state index contributed by atoms with van der Waals surface area (Å²) in [6, 6.07) is 16.4. The van der Waals surface area contributed by atoms with Crippen molar-refractivity contribution in [3.05, 3.63) is 89.5 Å². The molecule has 0 spiro atoms. The SMILES string of the molecule is Cc1ccc(COCC(F)(F)F)c(N2C(=O)CS/C2=N\C(=O)Nc2ccc(-c3ncn(-c4ccc(C#N)cc4)n3)cc2F)c1. The topological polar surface area (TPSA) is 125 Å². The van der Waals surface area contributed by atoms with Gasteiger partial charge in [-0.2, -0.15) is 23.4 Å². The number of aliphatic imine (C=N–C) groups is 1. The molecule has 1 fully saturated rings. The van der Waals surface area contributed by atoms with Crippen molar-refractivity contribution in [2.24, 2.45) is 4.99 Å². The van der Waals surface area contributed by atoms with E-state index in [2.05, 4.69) is 20.4 Å². The van der Waals surface area contributed by atoms with Crippen LogP contribution in [0.15, 0.2) is 72.0 Å². The minimum Gasteiger partial charge on any atom is -0.367 e. The minimum absolute atomic E-state index is 0.0234. The third-order valence-corrected chi connectivity index (χ3v) is 7.11. The van der Waals surface area contributed by atoms with Gasteiger partial charge in [0.15, 0.2) is 11.0 Å². The summed E-state index contributed by atoms with van der Waals surface area (Å²) < 4.78 is 59.1. The van der Waals surface area contributed by atoms with E-state index >= 15 is 4.39 Å². The fraction of sp³-hybridized carbons (Fsp3) is 0.172. The van der Waals surface area contributed by atoms with Gasteiger partial charge in [-0.3, -0.25) is 9.69 Å². The Hall–Kier alpha value is -5.07. The van der Waals surface area contributed by atoms with Gasteiger partial charge in [0.05, 0.1) is 41.1 Å². The molecule has 3 amide bonds. The zero-order chi connectivity index (χ0) is 31.4. The number of hydrogen-bond donors (Lipinski definition) is 1. The van der Waals surface area contributed by atoms with Crippen LogP contribution in [0.3, 0.4) is 0 Å². The van der Waals surface area contributed by atoms with Crippen molar-refractivity contribution < 1.29 is 31.9 Å². The number of ether oxygens (including phenoxy) is 1. The maximum absolute atomic E-state index is 15.0. The fourth-order valence-corrected chi connectivity index (χ4v) is 5.01. The summed E-state index contributed by atoms with van der Waals surface area (Å²) in [7, 11) is 0. The molecule has 1 aromatic heterocycles. The number of hydrogen-bond acceptors (Lipinski definition) is 7. The highest BCUT2D eigenvalue weighted by atomic mass is 32.2. The van der Waals surface area contributed by atoms with Crippen molar-refractivity contribution >= 4 is 40.2 Å². The number of thioether (sulfide) groups is 1. The van der Waals surface area contributed by atoms with E-state index in [0.717, 1.165) is 22.7 Å². The Morgan fingerprint density at radius 3 is 2.64 bits per heavy atom. The van der Waals surface area contributed by atoms with E-state index in [1.807, 2.05) is 6.07 Å². The number of nitrogens with one attached hydrogen (secondary N) is 1. The monoisotopic (exact) mass is 623 g/mol. The number of nitriles is 1. The molecule has 1 saturated heterocycles. The first-order valence-electron chi connectivity index (χ1n) is 12.8. The largest absolute Gasteiger partial charge is 0.411 e. The molecule has 224 valence electrons. The highest BCUT2D eigenvalue weighted by Crippen LogP contribution is 2.32. The van der Waals surface area contributed by atoms with Crippen LogP contribution in [0.25, 0.3) is 17.1 Å². The number of benzene rings is 3. The number of nitrogens with zero attached hydrogens (tertiary/aromatic N) is 6. The highest BCUT2D eigenvalue weighted by molar-refractivity contribution is 8.15. The first-order valence-corrected chi connectivity index (χ1v) is 13.8. The number of aromatic nitrogens is 3. The van der Waals surface area contributed by atoms with Gasteiger partial charge in [0.1, 0.15) is 18.8 Å². The Bertz CT molecular complexity index is 1800. The first kappa shape index (κ1) is 30.4. The maximum atomic E-state index is 15.0. The molecule has 0 saturated carbocycles. The summed E-state index contributed by atoms with van der Waals surface area (Å²) in [6.07, 6.45) is -3.08. The number of urea groups is 1. The fourth-order valence-electron chi connectivity index (χ4n) is 4.16. The molecule has 4 aromatic rings. The first-order chi connectivity index (χ1) is 21.0. The van der Waals surface area contributed by atoms with E-state index < -0.39 is 37.1 Å². The third kappa shape index (κ3) is 7.10. The summed E-state index contributed by atoms with van der Waals surface area (Å²) in [5, 5.41) is 15.6. The second-order valence-electron chi connectivity index (χ2n) is 9.45. The molecule has 2 heterocycles. The maximum Gasteiger partial charge on any atom is 0.411 e. The number of alkyl halides is 3. The normalized spacial score (nSPS) is 14.2. The molecule has 1 aliphatic heterocycles. The van der Waals surface area contributed by atoms with Crippen molar-refractivity contribution in [2.75, 3.05) is 22.6 Å². The Kier molecular flexibility index (Phi) is 8.74. The molecule has 15 heteroatoms. The molecule has 1 aliphatic rings. The number of rotatable bonds is 7. The van der Waals surface area contributed by atoms with Crippen LogP contribution < -0.4 is 10.2 Å². The predicted molar refractivity (Wildman–Crippen MR) is 155 cm³/mol. The van der Waals surface area contributed by atoms with Gasteiger partial charge in [0.2, 0.25) is 5.91 Å². The molecule has 44 heavy (non-hydrogen) atoms. The second kappa shape index (κ2) is 12.7. The van der Waals surface area contributed by atoms with Gasteiger partial charge >= 0.3 is 12.2 Å². The van der Waals surface area contributed by atoms with Crippen molar-refractivity contribution in [1.29, 1.82) is 5.26 Å². The predicted octanol–water partition coefficient (Wildman–Crippen LogP) is 6.00. The van der Waals surface area contributed by atoms with E-state index in [1.165, 1.54) is 29.2 Å². The van der Waals surface area contributed by atoms with Gasteiger partial charge < -0.3 is 10.1 Å². The number of halogens is 4. The average molecular weight is 624 g/mol. The second-order valence-corrected chi connectivity index (χ2v) is 10.4. The van der Waals surface area contributed by atoms with Gasteiger partial charge in [-0.05, 0) is 61.0 Å². The number of carbonyl (C=O) groups is 2. The van der Waals surface area contributed by atoms with E-state index in [-0.39, 0.29) is 28.1 Å². The van der Waals surface area contributed by atoms with Crippen molar-refractivity contribution in [3.8, 4) is 23.1 Å². The van der Waals surface area contributed by atoms with Gasteiger partial charge in [-0.1, -0.05) is 23.9 Å². The lowest BCUT2D eigenvalue weighted by atomic mass is 10.1. The minimum atomic E-state index is -4.52. The quantitative estimate of drug-likeness (QED) is 0.250. The van der Waals surface area contributed by atoms with E-state index in [1.54, 1.807) is 43.3 Å². The molecule has 5 rings (SSSR count). The summed E-state index contributed by atoms with van der Waals surface area (Å²) in [4.78, 5) is 34.8. The molecule has 0 bridgehead atoms. The Labute approximate surface area is 252 Å². The summed E-state index contributed by atoms with van der Waals surface area (Å²) in [6.45, 7) is -0.159. The van der Waals surface area contributed by atoms with Crippen LogP contribution in [0.4, 0.5) is 33.7 Å². The lowest BCUT2D eigenvalue weighted by Gasteiger charge is -2.21. The van der Waals surface area contributed by atoms with Gasteiger partial charge in [0, 0.05) is 11.1 Å². The lowest BCUT2D eigenvalue weighted by Crippen LogP contribution is -2.31. The van der Waals surface area contributed by atoms with E-state index in [0.29, 0.717) is 27.9 Å². The zero-order valence-corrected chi connectivity index (χ0v) is 23.6. The molecular weight excluding hydrogens is 602 g/mol. The number of aryl methyl sites for hydroxylation is 1. The Morgan fingerprint density at radius 1 is 1.16 bits per heavy atom. The summed E-state index contributed by atoms with van der Waals surface area (Å²) in [5.74, 6) is -1.07. The van der Waals surface area contributed by atoms with Crippen LogP contribution in [0.2, 0.25) is 0 Å². The molecule has 0 unspecified atom stereocenters. The standard InChI is InChI=1S/C29H21F4N7O3S/c1-17-2-5-20(13-43-15-29(31,32)33)24(10-17)40-25(41)14-44-28(40)37-27(42)36-23-9-6-19(11-22(23)30)26-35-16-39(38-26)21-7-3-18(12-34)4-8-21/h2-11,16H,13-15H2,1H3,(H,36,42)/b37-28-. The van der Waals surface area contributed by atoms with Crippen LogP contribution in [0.1, 0.15) is 16.7 Å². The molecular formula is C29H21F4N7O3S. The van der Waals surface area contributed by atoms with Gasteiger partial charge in [0.25, 0.3) is 0 Å². The number of carbonyl (C=O) groups excluding carboxylic acids is 2. The lowest BCUT2D eigenvalue weighted by molar-refractivity contribution is -0.176.